The van der Waals surface area contributed by atoms with Crippen molar-refractivity contribution < 1.29 is 9.18 Å². The number of hydrogen-bond donors (Lipinski definition) is 0. The quantitative estimate of drug-likeness (QED) is 0.784. The molecule has 2 aliphatic heterocycles. The van der Waals surface area contributed by atoms with Crippen LogP contribution in [0.25, 0.3) is 0 Å². The fourth-order valence-electron chi connectivity index (χ4n) is 3.15. The molecule has 1 unspecified atom stereocenters. The van der Waals surface area contributed by atoms with Gasteiger partial charge in [-0.15, -0.1) is 0 Å². The second kappa shape index (κ2) is 5.82. The maximum Gasteiger partial charge on any atom is 0.253 e. The third-order valence-electron chi connectivity index (χ3n) is 4.29. The average molecular weight is 341 g/mol. The van der Waals surface area contributed by atoms with Gasteiger partial charge in [-0.2, -0.15) is 0 Å². The number of hydrogen-bond acceptors (Lipinski definition) is 2. The molecule has 108 valence electrons. The highest BCUT2D eigenvalue weighted by Gasteiger charge is 2.31. The topological polar surface area (TPSA) is 23.6 Å². The highest BCUT2D eigenvalue weighted by Crippen LogP contribution is 2.23. The van der Waals surface area contributed by atoms with Crippen LogP contribution in [0.2, 0.25) is 0 Å². The molecule has 0 N–H and O–H groups in total. The van der Waals surface area contributed by atoms with Gasteiger partial charge in [-0.3, -0.25) is 9.69 Å². The first-order valence-corrected chi connectivity index (χ1v) is 7.93. The summed E-state index contributed by atoms with van der Waals surface area (Å²) in [6.45, 7) is 3.69. The van der Waals surface area contributed by atoms with E-state index in [1.165, 1.54) is 25.3 Å². The molecule has 2 saturated heterocycles. The van der Waals surface area contributed by atoms with Crippen molar-refractivity contribution >= 4 is 21.8 Å². The molecule has 20 heavy (non-hydrogen) atoms. The summed E-state index contributed by atoms with van der Waals surface area (Å²) >= 11 is 3.14. The van der Waals surface area contributed by atoms with Crippen LogP contribution >= 0.6 is 15.9 Å². The minimum Gasteiger partial charge on any atom is -0.336 e. The number of halogens is 2. The molecule has 1 aromatic rings. The monoisotopic (exact) mass is 340 g/mol. The predicted octanol–water partition coefficient (Wildman–Crippen LogP) is 2.90. The van der Waals surface area contributed by atoms with Crippen LogP contribution < -0.4 is 0 Å². The lowest BCUT2D eigenvalue weighted by atomic mass is 9.99. The van der Waals surface area contributed by atoms with Gasteiger partial charge in [0.25, 0.3) is 5.91 Å². The number of rotatable bonds is 1. The number of fused-ring (bicyclic) bond motifs is 1. The molecule has 3 rings (SSSR count). The van der Waals surface area contributed by atoms with E-state index in [0.29, 0.717) is 16.1 Å². The molecule has 0 saturated carbocycles. The van der Waals surface area contributed by atoms with Crippen molar-refractivity contribution in [1.29, 1.82) is 0 Å². The molecule has 1 atom stereocenters. The van der Waals surface area contributed by atoms with Gasteiger partial charge in [0.15, 0.2) is 0 Å². The Kier molecular flexibility index (Phi) is 4.08. The number of piperidine rings is 1. The summed E-state index contributed by atoms with van der Waals surface area (Å²) in [6, 6.07) is 4.99. The normalized spacial score (nSPS) is 23.5. The smallest absolute Gasteiger partial charge is 0.253 e. The fraction of sp³-hybridized carbons (Fsp3) is 0.533. The Labute approximate surface area is 126 Å². The molecule has 3 nitrogen and oxygen atoms in total. The second-order valence-corrected chi connectivity index (χ2v) is 6.42. The first kappa shape index (κ1) is 14.0. The zero-order valence-electron chi connectivity index (χ0n) is 11.3. The van der Waals surface area contributed by atoms with Crippen molar-refractivity contribution in [2.75, 3.05) is 26.2 Å². The number of carbonyl (C=O) groups excluding carboxylic acids is 1. The Morgan fingerprint density at radius 1 is 1.25 bits per heavy atom. The first-order chi connectivity index (χ1) is 9.65. The standard InChI is InChI=1S/C15H18BrFN2O/c16-13-9-11(4-5-14(13)17)15(20)19-8-7-18-6-2-1-3-12(18)10-19/h4-5,9,12H,1-3,6-8,10H2. The molecule has 2 aliphatic rings. The maximum atomic E-state index is 13.2. The van der Waals surface area contributed by atoms with Crippen LogP contribution in [0, 0.1) is 5.82 Å². The van der Waals surface area contributed by atoms with Gasteiger partial charge in [0.2, 0.25) is 0 Å². The summed E-state index contributed by atoms with van der Waals surface area (Å²) in [5.41, 5.74) is 0.558. The van der Waals surface area contributed by atoms with Crippen molar-refractivity contribution in [3.63, 3.8) is 0 Å². The van der Waals surface area contributed by atoms with E-state index < -0.39 is 0 Å². The van der Waals surface area contributed by atoms with Crippen molar-refractivity contribution in [3.8, 4) is 0 Å². The van der Waals surface area contributed by atoms with Crippen LogP contribution in [0.4, 0.5) is 4.39 Å². The van der Waals surface area contributed by atoms with Crippen molar-refractivity contribution in [3.05, 3.63) is 34.1 Å². The molecule has 0 aromatic heterocycles. The van der Waals surface area contributed by atoms with E-state index in [0.717, 1.165) is 26.2 Å². The number of benzene rings is 1. The largest absolute Gasteiger partial charge is 0.336 e. The summed E-state index contributed by atoms with van der Waals surface area (Å²) < 4.78 is 13.6. The van der Waals surface area contributed by atoms with E-state index >= 15 is 0 Å². The summed E-state index contributed by atoms with van der Waals surface area (Å²) in [5.74, 6) is -0.324. The third kappa shape index (κ3) is 2.74. The molecule has 1 aromatic carbocycles. The minimum atomic E-state index is -0.335. The highest BCUT2D eigenvalue weighted by molar-refractivity contribution is 9.10. The fourth-order valence-corrected chi connectivity index (χ4v) is 3.53. The molecule has 1 amide bonds. The average Bonchev–Trinajstić information content (AvgIpc) is 2.49. The molecule has 0 spiro atoms. The lowest BCUT2D eigenvalue weighted by Crippen LogP contribution is -2.56. The van der Waals surface area contributed by atoms with Gasteiger partial charge in [-0.1, -0.05) is 6.42 Å². The van der Waals surface area contributed by atoms with Crippen LogP contribution in [0.15, 0.2) is 22.7 Å². The van der Waals surface area contributed by atoms with Gasteiger partial charge in [-0.05, 0) is 53.5 Å². The predicted molar refractivity (Wildman–Crippen MR) is 79.2 cm³/mol. The van der Waals surface area contributed by atoms with Gasteiger partial charge >= 0.3 is 0 Å². The van der Waals surface area contributed by atoms with Gasteiger partial charge in [-0.25, -0.2) is 4.39 Å². The van der Waals surface area contributed by atoms with E-state index in [-0.39, 0.29) is 11.7 Å². The van der Waals surface area contributed by atoms with Crippen molar-refractivity contribution in [1.82, 2.24) is 9.80 Å². The zero-order chi connectivity index (χ0) is 14.1. The van der Waals surface area contributed by atoms with Crippen molar-refractivity contribution in [2.45, 2.75) is 25.3 Å². The van der Waals surface area contributed by atoms with Crippen LogP contribution in [0.5, 0.6) is 0 Å². The zero-order valence-corrected chi connectivity index (χ0v) is 12.9. The van der Waals surface area contributed by atoms with E-state index in [4.69, 9.17) is 0 Å². The van der Waals surface area contributed by atoms with Gasteiger partial charge in [0.1, 0.15) is 5.82 Å². The minimum absolute atomic E-state index is 0.0101. The molecule has 0 aliphatic carbocycles. The van der Waals surface area contributed by atoms with Crippen LogP contribution in [-0.4, -0.2) is 47.9 Å². The number of piperazine rings is 1. The summed E-state index contributed by atoms with van der Waals surface area (Å²) in [6.07, 6.45) is 3.71. The van der Waals surface area contributed by atoms with Crippen LogP contribution in [0.3, 0.4) is 0 Å². The molecular formula is C15H18BrFN2O. The van der Waals surface area contributed by atoms with Gasteiger partial charge < -0.3 is 4.90 Å². The van der Waals surface area contributed by atoms with E-state index in [1.807, 2.05) is 4.90 Å². The Hall–Kier alpha value is -0.940. The molecule has 0 bridgehead atoms. The Balaban J connectivity index is 1.72. The molecular weight excluding hydrogens is 323 g/mol. The second-order valence-electron chi connectivity index (χ2n) is 5.57. The molecule has 2 fully saturated rings. The SMILES string of the molecule is O=C(c1ccc(F)c(Br)c1)N1CCN2CCCCC2C1. The molecule has 5 heteroatoms. The first-order valence-electron chi connectivity index (χ1n) is 7.13. The maximum absolute atomic E-state index is 13.2. The third-order valence-corrected chi connectivity index (χ3v) is 4.90. The Morgan fingerprint density at radius 3 is 2.90 bits per heavy atom. The summed E-state index contributed by atoms with van der Waals surface area (Å²) in [7, 11) is 0. The lowest BCUT2D eigenvalue weighted by molar-refractivity contribution is 0.0372. The number of amides is 1. The van der Waals surface area contributed by atoms with Crippen LogP contribution in [-0.2, 0) is 0 Å². The number of carbonyl (C=O) groups is 1. The Morgan fingerprint density at radius 2 is 2.10 bits per heavy atom. The molecule has 0 radical (unpaired) electrons. The van der Waals surface area contributed by atoms with Crippen LogP contribution in [0.1, 0.15) is 29.6 Å². The molecule has 2 heterocycles. The van der Waals surface area contributed by atoms with Gasteiger partial charge in [0, 0.05) is 31.2 Å². The highest BCUT2D eigenvalue weighted by atomic mass is 79.9. The van der Waals surface area contributed by atoms with Crippen molar-refractivity contribution in [2.24, 2.45) is 0 Å². The summed E-state index contributed by atoms with van der Waals surface area (Å²) in [4.78, 5) is 16.9. The van der Waals surface area contributed by atoms with E-state index in [2.05, 4.69) is 20.8 Å². The number of nitrogens with zero attached hydrogens (tertiary/aromatic N) is 2. The lowest BCUT2D eigenvalue weighted by Gasteiger charge is -2.44. The van der Waals surface area contributed by atoms with Gasteiger partial charge in [0.05, 0.1) is 4.47 Å². The summed E-state index contributed by atoms with van der Waals surface area (Å²) in [5, 5.41) is 0. The Bertz CT molecular complexity index is 523. The van der Waals surface area contributed by atoms with E-state index in [1.54, 1.807) is 12.1 Å². The van der Waals surface area contributed by atoms with E-state index in [9.17, 15) is 9.18 Å².